The van der Waals surface area contributed by atoms with Crippen molar-refractivity contribution < 1.29 is 14.0 Å². The average molecular weight is 377 g/mol. The van der Waals surface area contributed by atoms with Crippen LogP contribution in [0.15, 0.2) is 65.8 Å². The second-order valence-electron chi connectivity index (χ2n) is 6.77. The molecule has 0 aliphatic carbocycles. The SMILES string of the molecule is CN1C(=O)NC(=O)C2C1N=C1N(c3ccccc3F)C(c3ccccc3)=CN12. The Bertz CT molecular complexity index is 1050. The van der Waals surface area contributed by atoms with E-state index in [1.54, 1.807) is 41.2 Å². The number of guanidine groups is 1. The van der Waals surface area contributed by atoms with Gasteiger partial charge in [-0.25, -0.2) is 14.2 Å². The fraction of sp³-hybridized carbons (Fsp3) is 0.150. The molecular weight excluding hydrogens is 361 g/mol. The number of nitrogens with zero attached hydrogens (tertiary/aromatic N) is 4. The minimum Gasteiger partial charge on any atom is -0.303 e. The maximum Gasteiger partial charge on any atom is 0.325 e. The number of imide groups is 1. The second-order valence-corrected chi connectivity index (χ2v) is 6.77. The first-order valence-electron chi connectivity index (χ1n) is 8.82. The summed E-state index contributed by atoms with van der Waals surface area (Å²) in [7, 11) is 1.58. The largest absolute Gasteiger partial charge is 0.325 e. The first-order chi connectivity index (χ1) is 13.6. The summed E-state index contributed by atoms with van der Waals surface area (Å²) >= 11 is 0. The van der Waals surface area contributed by atoms with Gasteiger partial charge in [0.1, 0.15) is 5.82 Å². The fourth-order valence-corrected chi connectivity index (χ4v) is 3.76. The highest BCUT2D eigenvalue weighted by Crippen LogP contribution is 2.39. The minimum absolute atomic E-state index is 0.326. The molecule has 3 amide bonds. The molecule has 7 nitrogen and oxygen atoms in total. The molecule has 0 aromatic heterocycles. The molecule has 0 radical (unpaired) electrons. The Morgan fingerprint density at radius 3 is 2.50 bits per heavy atom. The van der Waals surface area contributed by atoms with E-state index in [9.17, 15) is 14.0 Å². The van der Waals surface area contributed by atoms with Gasteiger partial charge in [0.25, 0.3) is 5.91 Å². The van der Waals surface area contributed by atoms with Crippen LogP contribution in [0.3, 0.4) is 0 Å². The van der Waals surface area contributed by atoms with Gasteiger partial charge in [0, 0.05) is 18.8 Å². The first kappa shape index (κ1) is 16.5. The predicted octanol–water partition coefficient (Wildman–Crippen LogP) is 2.19. The Morgan fingerprint density at radius 2 is 1.75 bits per heavy atom. The molecule has 2 aromatic carbocycles. The number of carbonyl (C=O) groups is 2. The lowest BCUT2D eigenvalue weighted by molar-refractivity contribution is -0.126. The molecule has 3 heterocycles. The standard InChI is InChI=1S/C20H16FN5O2/c1-24-17-16(18(27)23-20(24)28)25-11-15(12-7-3-2-4-8-12)26(19(25)22-17)14-10-6-5-9-13(14)21/h2-11,16-17H,1H3,(H,23,27,28). The van der Waals surface area contributed by atoms with Crippen molar-refractivity contribution in [3.05, 3.63) is 72.2 Å². The van der Waals surface area contributed by atoms with Crippen molar-refractivity contribution in [3.8, 4) is 0 Å². The summed E-state index contributed by atoms with van der Waals surface area (Å²) in [4.78, 5) is 33.9. The summed E-state index contributed by atoms with van der Waals surface area (Å²) in [5.41, 5.74) is 1.89. The van der Waals surface area contributed by atoms with Crippen LogP contribution in [0.25, 0.3) is 5.70 Å². The third-order valence-corrected chi connectivity index (χ3v) is 5.14. The highest BCUT2D eigenvalue weighted by molar-refractivity contribution is 6.16. The van der Waals surface area contributed by atoms with Gasteiger partial charge in [0.15, 0.2) is 12.2 Å². The van der Waals surface area contributed by atoms with Crippen LogP contribution in [-0.2, 0) is 4.79 Å². The van der Waals surface area contributed by atoms with Crippen molar-refractivity contribution in [2.75, 3.05) is 11.9 Å². The maximum atomic E-state index is 14.7. The van der Waals surface area contributed by atoms with Crippen molar-refractivity contribution in [1.29, 1.82) is 0 Å². The van der Waals surface area contributed by atoms with Crippen LogP contribution in [0.4, 0.5) is 14.9 Å². The molecule has 5 rings (SSSR count). The third-order valence-electron chi connectivity index (χ3n) is 5.14. The Hall–Kier alpha value is -3.68. The van der Waals surface area contributed by atoms with E-state index in [1.165, 1.54) is 11.0 Å². The van der Waals surface area contributed by atoms with Gasteiger partial charge in [-0.15, -0.1) is 0 Å². The molecule has 3 aliphatic heterocycles. The number of hydrogen-bond donors (Lipinski definition) is 1. The van der Waals surface area contributed by atoms with Gasteiger partial charge in [0.2, 0.25) is 5.96 Å². The van der Waals surface area contributed by atoms with Crippen LogP contribution < -0.4 is 10.2 Å². The van der Waals surface area contributed by atoms with Crippen molar-refractivity contribution in [2.24, 2.45) is 4.99 Å². The van der Waals surface area contributed by atoms with Gasteiger partial charge < -0.3 is 4.90 Å². The van der Waals surface area contributed by atoms with Gasteiger partial charge in [-0.3, -0.25) is 19.9 Å². The van der Waals surface area contributed by atoms with Gasteiger partial charge >= 0.3 is 6.03 Å². The van der Waals surface area contributed by atoms with E-state index in [0.29, 0.717) is 17.3 Å². The molecule has 1 fully saturated rings. The van der Waals surface area contributed by atoms with Gasteiger partial charge in [-0.2, -0.15) is 0 Å². The summed E-state index contributed by atoms with van der Waals surface area (Å²) in [6, 6.07) is 14.7. The molecule has 2 aromatic rings. The van der Waals surface area contributed by atoms with Crippen LogP contribution >= 0.6 is 0 Å². The zero-order valence-corrected chi connectivity index (χ0v) is 14.9. The number of fused-ring (bicyclic) bond motifs is 3. The zero-order chi connectivity index (χ0) is 19.4. The zero-order valence-electron chi connectivity index (χ0n) is 14.9. The molecule has 1 N–H and O–H groups in total. The lowest BCUT2D eigenvalue weighted by atomic mass is 10.1. The molecule has 0 saturated carbocycles. The number of hydrogen-bond acceptors (Lipinski definition) is 5. The third kappa shape index (κ3) is 2.24. The molecule has 28 heavy (non-hydrogen) atoms. The number of aliphatic imine (C=N–C) groups is 1. The highest BCUT2D eigenvalue weighted by Gasteiger charge is 2.52. The van der Waals surface area contributed by atoms with Crippen molar-refractivity contribution in [3.63, 3.8) is 0 Å². The van der Waals surface area contributed by atoms with Gasteiger partial charge in [-0.05, 0) is 12.1 Å². The van der Waals surface area contributed by atoms with Gasteiger partial charge in [-0.1, -0.05) is 42.5 Å². The normalized spacial score (nSPS) is 23.3. The predicted molar refractivity (Wildman–Crippen MR) is 101 cm³/mol. The summed E-state index contributed by atoms with van der Waals surface area (Å²) in [5, 5.41) is 2.34. The topological polar surface area (TPSA) is 68.2 Å². The van der Waals surface area contributed by atoms with E-state index in [0.717, 1.165) is 5.56 Å². The summed E-state index contributed by atoms with van der Waals surface area (Å²) in [5.74, 6) is -0.417. The summed E-state index contributed by atoms with van der Waals surface area (Å²) in [6.07, 6.45) is 1.12. The number of carbonyl (C=O) groups excluding carboxylic acids is 2. The molecule has 140 valence electrons. The number of rotatable bonds is 2. The molecular formula is C20H16FN5O2. The minimum atomic E-state index is -0.701. The van der Waals surface area contributed by atoms with Crippen LogP contribution in [0.1, 0.15) is 5.56 Å². The number of anilines is 1. The van der Waals surface area contributed by atoms with E-state index < -0.39 is 30.0 Å². The lowest BCUT2D eigenvalue weighted by Gasteiger charge is -2.34. The Labute approximate surface area is 160 Å². The van der Waals surface area contributed by atoms with E-state index in [1.807, 2.05) is 30.3 Å². The number of para-hydroxylation sites is 1. The van der Waals surface area contributed by atoms with E-state index in [2.05, 4.69) is 10.3 Å². The number of likely N-dealkylation sites (N-methyl/N-ethyl adjacent to an activating group) is 1. The molecule has 1 saturated heterocycles. The van der Waals surface area contributed by atoms with E-state index in [-0.39, 0.29) is 0 Å². The van der Waals surface area contributed by atoms with Crippen LogP contribution in [-0.4, -0.2) is 47.0 Å². The molecule has 3 aliphatic rings. The number of halogens is 1. The maximum absolute atomic E-state index is 14.7. The Balaban J connectivity index is 1.67. The summed E-state index contributed by atoms with van der Waals surface area (Å²) < 4.78 is 14.7. The van der Waals surface area contributed by atoms with Crippen LogP contribution in [0.2, 0.25) is 0 Å². The van der Waals surface area contributed by atoms with E-state index in [4.69, 9.17) is 0 Å². The van der Waals surface area contributed by atoms with Gasteiger partial charge in [0.05, 0.1) is 11.4 Å². The molecule has 2 atom stereocenters. The lowest BCUT2D eigenvalue weighted by Crippen LogP contribution is -2.62. The van der Waals surface area contributed by atoms with Crippen molar-refractivity contribution >= 4 is 29.3 Å². The van der Waals surface area contributed by atoms with Crippen LogP contribution in [0.5, 0.6) is 0 Å². The number of nitrogens with one attached hydrogen (secondary N) is 1. The first-order valence-corrected chi connectivity index (χ1v) is 8.82. The van der Waals surface area contributed by atoms with Crippen molar-refractivity contribution in [1.82, 2.24) is 15.1 Å². The smallest absolute Gasteiger partial charge is 0.303 e. The quantitative estimate of drug-likeness (QED) is 0.871. The summed E-state index contributed by atoms with van der Waals surface area (Å²) in [6.45, 7) is 0. The monoisotopic (exact) mass is 377 g/mol. The number of urea groups is 1. The Kier molecular flexibility index (Phi) is 3.48. The number of amides is 3. The number of benzene rings is 2. The highest BCUT2D eigenvalue weighted by atomic mass is 19.1. The average Bonchev–Trinajstić information content (AvgIpc) is 3.24. The fourth-order valence-electron chi connectivity index (χ4n) is 3.76. The Morgan fingerprint density at radius 1 is 1.04 bits per heavy atom. The van der Waals surface area contributed by atoms with Crippen molar-refractivity contribution in [2.45, 2.75) is 12.2 Å². The van der Waals surface area contributed by atoms with Crippen LogP contribution in [0, 0.1) is 5.82 Å². The molecule has 0 spiro atoms. The molecule has 2 unspecified atom stereocenters. The molecule has 8 heteroatoms. The van der Waals surface area contributed by atoms with E-state index >= 15 is 0 Å². The molecule has 0 bridgehead atoms. The second kappa shape index (κ2) is 5.91.